The second-order valence-electron chi connectivity index (χ2n) is 4.46. The average molecular weight is 153 g/mol. The van der Waals surface area contributed by atoms with Gasteiger partial charge in [0, 0.05) is 6.04 Å². The molecule has 2 saturated carbocycles. The Morgan fingerprint density at radius 3 is 2.55 bits per heavy atom. The molecular weight excluding hydrogens is 134 g/mol. The largest absolute Gasteiger partial charge is 0.314 e. The highest BCUT2D eigenvalue weighted by Crippen LogP contribution is 2.32. The number of rotatable bonds is 4. The first-order valence-electron chi connectivity index (χ1n) is 5.08. The van der Waals surface area contributed by atoms with Crippen molar-refractivity contribution in [1.82, 2.24) is 5.32 Å². The molecule has 2 aliphatic rings. The minimum Gasteiger partial charge on any atom is -0.314 e. The lowest BCUT2D eigenvalue weighted by molar-refractivity contribution is 0.240. The number of nitrogens with one attached hydrogen (secondary N) is 1. The summed E-state index contributed by atoms with van der Waals surface area (Å²) < 4.78 is 0. The lowest BCUT2D eigenvalue weighted by Gasteiger charge is -2.33. The molecule has 64 valence electrons. The highest BCUT2D eigenvalue weighted by molar-refractivity contribution is 4.83. The molecule has 0 heterocycles. The first-order chi connectivity index (χ1) is 5.34. The van der Waals surface area contributed by atoms with Crippen LogP contribution in [0.4, 0.5) is 0 Å². The van der Waals surface area contributed by atoms with Gasteiger partial charge in [0.2, 0.25) is 0 Å². The van der Waals surface area contributed by atoms with Crippen LogP contribution in [-0.2, 0) is 0 Å². The second kappa shape index (κ2) is 3.14. The number of hydrogen-bond acceptors (Lipinski definition) is 1. The maximum Gasteiger partial charge on any atom is 0.00721 e. The summed E-state index contributed by atoms with van der Waals surface area (Å²) in [5.41, 5.74) is 0. The summed E-state index contributed by atoms with van der Waals surface area (Å²) in [5.74, 6) is 2.09. The first kappa shape index (κ1) is 7.60. The van der Waals surface area contributed by atoms with Gasteiger partial charge in [0.25, 0.3) is 0 Å². The predicted octanol–water partition coefficient (Wildman–Crippen LogP) is 2.17. The van der Waals surface area contributed by atoms with Crippen LogP contribution in [0, 0.1) is 11.8 Å². The molecule has 0 unspecified atom stereocenters. The van der Waals surface area contributed by atoms with Gasteiger partial charge in [-0.15, -0.1) is 0 Å². The van der Waals surface area contributed by atoms with Crippen LogP contribution < -0.4 is 5.32 Å². The molecule has 1 nitrogen and oxygen atoms in total. The van der Waals surface area contributed by atoms with Crippen LogP contribution in [0.5, 0.6) is 0 Å². The van der Waals surface area contributed by atoms with Gasteiger partial charge in [-0.2, -0.15) is 0 Å². The summed E-state index contributed by atoms with van der Waals surface area (Å²) in [6, 6.07) is 0.878. The molecule has 2 rings (SSSR count). The van der Waals surface area contributed by atoms with Crippen molar-refractivity contribution in [1.29, 1.82) is 0 Å². The summed E-state index contributed by atoms with van der Waals surface area (Å²) in [7, 11) is 0. The van der Waals surface area contributed by atoms with Gasteiger partial charge in [-0.25, -0.2) is 0 Å². The van der Waals surface area contributed by atoms with E-state index in [1.54, 1.807) is 0 Å². The molecule has 0 aromatic carbocycles. The summed E-state index contributed by atoms with van der Waals surface area (Å²) in [6.07, 6.45) is 7.28. The Labute approximate surface area is 69.6 Å². The molecule has 1 N–H and O–H groups in total. The lowest BCUT2D eigenvalue weighted by atomic mass is 9.82. The van der Waals surface area contributed by atoms with Crippen molar-refractivity contribution in [2.45, 2.75) is 45.1 Å². The third kappa shape index (κ3) is 2.19. The van der Waals surface area contributed by atoms with Crippen molar-refractivity contribution < 1.29 is 0 Å². The van der Waals surface area contributed by atoms with Crippen molar-refractivity contribution in [3.8, 4) is 0 Å². The fourth-order valence-corrected chi connectivity index (χ4v) is 1.97. The van der Waals surface area contributed by atoms with Crippen LogP contribution in [0.25, 0.3) is 0 Å². The van der Waals surface area contributed by atoms with E-state index in [1.807, 2.05) is 0 Å². The Morgan fingerprint density at radius 1 is 1.27 bits per heavy atom. The van der Waals surface area contributed by atoms with Crippen molar-refractivity contribution in [3.05, 3.63) is 0 Å². The van der Waals surface area contributed by atoms with Gasteiger partial charge >= 0.3 is 0 Å². The van der Waals surface area contributed by atoms with Crippen LogP contribution in [-0.4, -0.2) is 12.6 Å². The molecule has 11 heavy (non-hydrogen) atoms. The maximum atomic E-state index is 3.62. The standard InChI is InChI=1S/C10H19N/c1-8-6-10(7-8)11-5-4-9-2-3-9/h8-11H,2-7H2,1H3. The molecule has 1 heteroatoms. The molecule has 0 aromatic rings. The van der Waals surface area contributed by atoms with Crippen molar-refractivity contribution in [2.24, 2.45) is 11.8 Å². The molecule has 0 aliphatic heterocycles. The molecular formula is C10H19N. The first-order valence-corrected chi connectivity index (χ1v) is 5.08. The Morgan fingerprint density at radius 2 is 2.00 bits per heavy atom. The summed E-state index contributed by atoms with van der Waals surface area (Å²) in [5, 5.41) is 3.62. The summed E-state index contributed by atoms with van der Waals surface area (Å²) >= 11 is 0. The Hall–Kier alpha value is -0.0400. The minimum absolute atomic E-state index is 0.878. The Balaban J connectivity index is 1.47. The fraction of sp³-hybridized carbons (Fsp3) is 1.00. The van der Waals surface area contributed by atoms with Crippen LogP contribution >= 0.6 is 0 Å². The minimum atomic E-state index is 0.878. The van der Waals surface area contributed by atoms with E-state index in [-0.39, 0.29) is 0 Å². The van der Waals surface area contributed by atoms with E-state index in [0.717, 1.165) is 17.9 Å². The monoisotopic (exact) mass is 153 g/mol. The molecule has 2 aliphatic carbocycles. The zero-order chi connectivity index (χ0) is 7.68. The topological polar surface area (TPSA) is 12.0 Å². The van der Waals surface area contributed by atoms with Gasteiger partial charge in [-0.3, -0.25) is 0 Å². The van der Waals surface area contributed by atoms with E-state index in [0.29, 0.717) is 0 Å². The SMILES string of the molecule is CC1CC(NCCC2CC2)C1. The van der Waals surface area contributed by atoms with Crippen molar-refractivity contribution in [3.63, 3.8) is 0 Å². The number of hydrogen-bond donors (Lipinski definition) is 1. The van der Waals surface area contributed by atoms with Crippen molar-refractivity contribution >= 4 is 0 Å². The van der Waals surface area contributed by atoms with E-state index in [2.05, 4.69) is 12.2 Å². The summed E-state index contributed by atoms with van der Waals surface area (Å²) in [6.45, 7) is 3.63. The Kier molecular flexibility index (Phi) is 2.17. The van der Waals surface area contributed by atoms with Gasteiger partial charge < -0.3 is 5.32 Å². The zero-order valence-corrected chi connectivity index (χ0v) is 7.47. The van der Waals surface area contributed by atoms with Gasteiger partial charge in [0.15, 0.2) is 0 Å². The fourth-order valence-electron chi connectivity index (χ4n) is 1.97. The van der Waals surface area contributed by atoms with Gasteiger partial charge in [-0.1, -0.05) is 19.8 Å². The van der Waals surface area contributed by atoms with E-state index < -0.39 is 0 Å². The third-order valence-corrected chi connectivity index (χ3v) is 3.06. The van der Waals surface area contributed by atoms with E-state index in [9.17, 15) is 0 Å². The average Bonchev–Trinajstić information content (AvgIpc) is 2.67. The van der Waals surface area contributed by atoms with E-state index in [1.165, 1.54) is 38.6 Å². The van der Waals surface area contributed by atoms with Crippen molar-refractivity contribution in [2.75, 3.05) is 6.54 Å². The quantitative estimate of drug-likeness (QED) is 0.652. The molecule has 0 aromatic heterocycles. The molecule has 0 atom stereocenters. The van der Waals surface area contributed by atoms with Crippen LogP contribution in [0.15, 0.2) is 0 Å². The molecule has 0 spiro atoms. The molecule has 0 radical (unpaired) electrons. The molecule has 0 bridgehead atoms. The van der Waals surface area contributed by atoms with Crippen LogP contribution in [0.3, 0.4) is 0 Å². The lowest BCUT2D eigenvalue weighted by Crippen LogP contribution is -2.40. The van der Waals surface area contributed by atoms with Crippen LogP contribution in [0.2, 0.25) is 0 Å². The zero-order valence-electron chi connectivity index (χ0n) is 7.47. The van der Waals surface area contributed by atoms with Gasteiger partial charge in [0.1, 0.15) is 0 Å². The van der Waals surface area contributed by atoms with Gasteiger partial charge in [-0.05, 0) is 37.6 Å². The Bertz CT molecular complexity index is 123. The predicted molar refractivity (Wildman–Crippen MR) is 47.5 cm³/mol. The van der Waals surface area contributed by atoms with E-state index in [4.69, 9.17) is 0 Å². The molecule has 0 saturated heterocycles. The smallest absolute Gasteiger partial charge is 0.00721 e. The molecule has 0 amide bonds. The van der Waals surface area contributed by atoms with E-state index >= 15 is 0 Å². The van der Waals surface area contributed by atoms with Gasteiger partial charge in [0.05, 0.1) is 0 Å². The normalized spacial score (nSPS) is 36.8. The highest BCUT2D eigenvalue weighted by atomic mass is 14.9. The van der Waals surface area contributed by atoms with Crippen LogP contribution in [0.1, 0.15) is 39.0 Å². The summed E-state index contributed by atoms with van der Waals surface area (Å²) in [4.78, 5) is 0. The third-order valence-electron chi connectivity index (χ3n) is 3.06. The molecule has 2 fully saturated rings. The highest BCUT2D eigenvalue weighted by Gasteiger charge is 2.25. The maximum absolute atomic E-state index is 3.62. The second-order valence-corrected chi connectivity index (χ2v) is 4.46.